The average molecular weight is 367 g/mol. The Balaban J connectivity index is 1.40. The number of aromatic nitrogens is 1. The average Bonchev–Trinajstić information content (AvgIpc) is 2.99. The molecule has 0 spiro atoms. The number of benzene rings is 2. The number of carbonyl (C=O) groups excluding carboxylic acids is 1. The van der Waals surface area contributed by atoms with Crippen molar-refractivity contribution in [3.05, 3.63) is 47.5 Å². The number of nitrogens with one attached hydrogen (secondary N) is 1. The summed E-state index contributed by atoms with van der Waals surface area (Å²) >= 11 is 1.64. The fourth-order valence-electron chi connectivity index (χ4n) is 3.02. The van der Waals surface area contributed by atoms with Crippen molar-refractivity contribution < 1.29 is 9.53 Å². The summed E-state index contributed by atoms with van der Waals surface area (Å²) in [4.78, 5) is 19.3. The maximum absolute atomic E-state index is 12.5. The smallest absolute Gasteiger partial charge is 0.231 e. The second-order valence-corrected chi connectivity index (χ2v) is 7.73. The lowest BCUT2D eigenvalue weighted by Gasteiger charge is -2.37. The molecular formula is C20H21N3O2S. The fourth-order valence-corrected chi connectivity index (χ4v) is 4.03. The highest BCUT2D eigenvalue weighted by molar-refractivity contribution is 7.22. The number of nitrogens with zero attached hydrogens (tertiary/aromatic N) is 2. The molecule has 5 nitrogen and oxygen atoms in total. The van der Waals surface area contributed by atoms with Gasteiger partial charge in [0.1, 0.15) is 5.75 Å². The maximum atomic E-state index is 12.5. The van der Waals surface area contributed by atoms with Gasteiger partial charge in [-0.3, -0.25) is 4.79 Å². The molecule has 0 atom stereocenters. The molecule has 1 saturated heterocycles. The van der Waals surface area contributed by atoms with E-state index in [1.54, 1.807) is 18.4 Å². The number of rotatable bonds is 4. The number of aryl methyl sites for hydroxylation is 2. The van der Waals surface area contributed by atoms with Crippen LogP contribution in [0.1, 0.15) is 11.1 Å². The number of hydrogen-bond donors (Lipinski definition) is 1. The van der Waals surface area contributed by atoms with Gasteiger partial charge in [-0.05, 0) is 55.3 Å². The summed E-state index contributed by atoms with van der Waals surface area (Å²) < 4.78 is 6.36. The summed E-state index contributed by atoms with van der Waals surface area (Å²) in [6, 6.07) is 11.9. The lowest BCUT2D eigenvalue weighted by Crippen LogP contribution is -2.52. The van der Waals surface area contributed by atoms with E-state index in [0.29, 0.717) is 13.1 Å². The van der Waals surface area contributed by atoms with Crippen molar-refractivity contribution in [3.63, 3.8) is 0 Å². The lowest BCUT2D eigenvalue weighted by molar-refractivity contribution is -0.120. The van der Waals surface area contributed by atoms with Crippen LogP contribution in [0.3, 0.4) is 0 Å². The summed E-state index contributed by atoms with van der Waals surface area (Å²) in [7, 11) is 1.66. The molecule has 0 bridgehead atoms. The third-order valence-corrected chi connectivity index (χ3v) is 5.96. The Morgan fingerprint density at radius 2 is 2.00 bits per heavy atom. The number of methoxy groups -OCH3 is 1. The van der Waals surface area contributed by atoms with E-state index < -0.39 is 0 Å². The Morgan fingerprint density at radius 3 is 2.73 bits per heavy atom. The second-order valence-electron chi connectivity index (χ2n) is 6.72. The number of hydrogen-bond acceptors (Lipinski definition) is 5. The third kappa shape index (κ3) is 3.12. The minimum absolute atomic E-state index is 0.00171. The Morgan fingerprint density at radius 1 is 1.19 bits per heavy atom. The summed E-state index contributed by atoms with van der Waals surface area (Å²) in [6.45, 7) is 5.53. The van der Waals surface area contributed by atoms with Crippen LogP contribution in [0.4, 0.5) is 10.8 Å². The Labute approximate surface area is 156 Å². The summed E-state index contributed by atoms with van der Waals surface area (Å²) in [5, 5.41) is 3.99. The quantitative estimate of drug-likeness (QED) is 0.757. The van der Waals surface area contributed by atoms with Gasteiger partial charge in [-0.2, -0.15) is 0 Å². The number of carbonyl (C=O) groups is 1. The second kappa shape index (κ2) is 6.61. The van der Waals surface area contributed by atoms with Crippen LogP contribution < -0.4 is 15.0 Å². The Kier molecular flexibility index (Phi) is 4.28. The van der Waals surface area contributed by atoms with Crippen LogP contribution in [-0.4, -0.2) is 31.1 Å². The first-order valence-electron chi connectivity index (χ1n) is 8.61. The Bertz CT molecular complexity index is 976. The van der Waals surface area contributed by atoms with Crippen LogP contribution in [0.15, 0.2) is 36.4 Å². The molecule has 2 aromatic carbocycles. The highest BCUT2D eigenvalue weighted by Gasteiger charge is 2.34. The van der Waals surface area contributed by atoms with Crippen molar-refractivity contribution in [2.75, 3.05) is 30.4 Å². The minimum atomic E-state index is -0.00171. The third-order valence-electron chi connectivity index (χ3n) is 4.88. The van der Waals surface area contributed by atoms with E-state index in [1.807, 2.05) is 36.4 Å². The molecule has 4 rings (SSSR count). The van der Waals surface area contributed by atoms with E-state index in [-0.39, 0.29) is 11.8 Å². The largest absolute Gasteiger partial charge is 0.497 e. The van der Waals surface area contributed by atoms with Crippen molar-refractivity contribution in [2.24, 2.45) is 5.92 Å². The molecule has 26 heavy (non-hydrogen) atoms. The van der Waals surface area contributed by atoms with Crippen LogP contribution in [0.2, 0.25) is 0 Å². The van der Waals surface area contributed by atoms with E-state index in [4.69, 9.17) is 4.74 Å². The van der Waals surface area contributed by atoms with E-state index in [1.165, 1.54) is 11.1 Å². The van der Waals surface area contributed by atoms with Crippen molar-refractivity contribution in [1.29, 1.82) is 0 Å². The van der Waals surface area contributed by atoms with E-state index in [9.17, 15) is 4.79 Å². The van der Waals surface area contributed by atoms with Gasteiger partial charge in [0, 0.05) is 18.8 Å². The number of fused-ring (bicyclic) bond motifs is 1. The molecule has 1 aliphatic rings. The highest BCUT2D eigenvalue weighted by Crippen LogP contribution is 2.34. The molecule has 1 amide bonds. The number of ether oxygens (including phenoxy) is 1. The molecule has 0 aliphatic carbocycles. The number of amides is 1. The number of thiazole rings is 1. The van der Waals surface area contributed by atoms with Gasteiger partial charge in [-0.25, -0.2) is 4.98 Å². The molecule has 0 radical (unpaired) electrons. The van der Waals surface area contributed by atoms with Crippen LogP contribution in [-0.2, 0) is 4.79 Å². The molecule has 1 fully saturated rings. The van der Waals surface area contributed by atoms with Gasteiger partial charge in [0.05, 0.1) is 23.2 Å². The molecule has 0 unspecified atom stereocenters. The van der Waals surface area contributed by atoms with Gasteiger partial charge in [-0.1, -0.05) is 17.4 Å². The normalized spacial score (nSPS) is 14.3. The minimum Gasteiger partial charge on any atom is -0.497 e. The van der Waals surface area contributed by atoms with Crippen LogP contribution >= 0.6 is 11.3 Å². The van der Waals surface area contributed by atoms with Gasteiger partial charge in [-0.15, -0.1) is 0 Å². The summed E-state index contributed by atoms with van der Waals surface area (Å²) in [6.07, 6.45) is 0. The van der Waals surface area contributed by atoms with Crippen LogP contribution in [0.5, 0.6) is 5.75 Å². The molecule has 134 valence electrons. The molecule has 0 saturated carbocycles. The van der Waals surface area contributed by atoms with Crippen molar-refractivity contribution >= 4 is 38.3 Å². The van der Waals surface area contributed by atoms with Crippen molar-refractivity contribution in [1.82, 2.24) is 4.98 Å². The lowest BCUT2D eigenvalue weighted by atomic mass is 10.00. The zero-order valence-electron chi connectivity index (χ0n) is 15.1. The first-order valence-corrected chi connectivity index (χ1v) is 9.43. The van der Waals surface area contributed by atoms with Crippen LogP contribution in [0.25, 0.3) is 10.2 Å². The van der Waals surface area contributed by atoms with Crippen LogP contribution in [0, 0.1) is 19.8 Å². The van der Waals surface area contributed by atoms with E-state index in [0.717, 1.165) is 26.8 Å². The molecule has 1 aliphatic heterocycles. The standard InChI is InChI=1S/C20H21N3O2S/c1-12-4-5-15(8-13(12)2)21-19(24)14-10-23(11-14)20-22-17-7-6-16(25-3)9-18(17)26-20/h4-9,14H,10-11H2,1-3H3,(H,21,24). The Hall–Kier alpha value is -2.60. The molecular weight excluding hydrogens is 346 g/mol. The van der Waals surface area contributed by atoms with E-state index >= 15 is 0 Å². The molecule has 2 heterocycles. The zero-order chi connectivity index (χ0) is 18.3. The predicted molar refractivity (Wildman–Crippen MR) is 106 cm³/mol. The molecule has 1 N–H and O–H groups in total. The first kappa shape index (κ1) is 16.8. The highest BCUT2D eigenvalue weighted by atomic mass is 32.1. The van der Waals surface area contributed by atoms with Gasteiger partial charge in [0.25, 0.3) is 0 Å². The van der Waals surface area contributed by atoms with Gasteiger partial charge >= 0.3 is 0 Å². The van der Waals surface area contributed by atoms with Gasteiger partial charge < -0.3 is 15.0 Å². The van der Waals surface area contributed by atoms with E-state index in [2.05, 4.69) is 29.0 Å². The van der Waals surface area contributed by atoms with Crippen molar-refractivity contribution in [3.8, 4) is 5.75 Å². The monoisotopic (exact) mass is 367 g/mol. The molecule has 6 heteroatoms. The SMILES string of the molecule is COc1ccc2nc(N3CC(C(=O)Nc4ccc(C)c(C)c4)C3)sc2c1. The van der Waals surface area contributed by atoms with Crippen molar-refractivity contribution in [2.45, 2.75) is 13.8 Å². The van der Waals surface area contributed by atoms with Gasteiger partial charge in [0.15, 0.2) is 5.13 Å². The molecule has 1 aromatic heterocycles. The predicted octanol–water partition coefficient (Wildman–Crippen LogP) is 4.00. The maximum Gasteiger partial charge on any atom is 0.231 e. The topological polar surface area (TPSA) is 54.5 Å². The summed E-state index contributed by atoms with van der Waals surface area (Å²) in [5.74, 6) is 0.910. The number of anilines is 2. The summed E-state index contributed by atoms with van der Waals surface area (Å²) in [5.41, 5.74) is 4.24. The van der Waals surface area contributed by atoms with Gasteiger partial charge in [0.2, 0.25) is 5.91 Å². The zero-order valence-corrected chi connectivity index (χ0v) is 15.9. The fraction of sp³-hybridized carbons (Fsp3) is 0.300. The first-order chi connectivity index (χ1) is 12.5. The molecule has 3 aromatic rings.